The Kier molecular flexibility index (Phi) is 6.81. The van der Waals surface area contributed by atoms with Crippen LogP contribution in [0, 0.1) is 5.92 Å². The summed E-state index contributed by atoms with van der Waals surface area (Å²) in [5.74, 6) is 0.934. The second-order valence-corrected chi connectivity index (χ2v) is 4.65. The second kappa shape index (κ2) is 8.42. The number of aromatic nitrogens is 2. The zero-order chi connectivity index (χ0) is 14.1. The molecule has 1 rings (SSSR count). The Morgan fingerprint density at radius 3 is 2.58 bits per heavy atom. The van der Waals surface area contributed by atoms with Gasteiger partial charge in [-0.05, 0) is 12.3 Å². The summed E-state index contributed by atoms with van der Waals surface area (Å²) in [6.45, 7) is 6.13. The van der Waals surface area contributed by atoms with E-state index in [0.717, 1.165) is 6.42 Å². The predicted molar refractivity (Wildman–Crippen MR) is 74.2 cm³/mol. The molecule has 0 aliphatic rings. The van der Waals surface area contributed by atoms with Crippen LogP contribution in [0.2, 0.25) is 0 Å². The molecule has 1 heterocycles. The van der Waals surface area contributed by atoms with Crippen LogP contribution in [0.4, 0.5) is 5.95 Å². The van der Waals surface area contributed by atoms with Crippen LogP contribution in [0.1, 0.15) is 30.6 Å². The molecule has 0 fully saturated rings. The first-order chi connectivity index (χ1) is 9.13. The summed E-state index contributed by atoms with van der Waals surface area (Å²) >= 11 is 0. The number of anilines is 1. The summed E-state index contributed by atoms with van der Waals surface area (Å²) in [7, 11) is 1.63. The van der Waals surface area contributed by atoms with E-state index in [1.165, 1.54) is 12.4 Å². The minimum Gasteiger partial charge on any atom is -0.383 e. The lowest BCUT2D eigenvalue weighted by Gasteiger charge is -2.07. The molecule has 0 aliphatic heterocycles. The second-order valence-electron chi connectivity index (χ2n) is 4.65. The molecular formula is C13H22N4O2. The number of nitrogens with one attached hydrogen (secondary N) is 2. The Morgan fingerprint density at radius 2 is 2.00 bits per heavy atom. The number of carbonyl (C=O) groups excluding carboxylic acids is 1. The molecule has 19 heavy (non-hydrogen) atoms. The summed E-state index contributed by atoms with van der Waals surface area (Å²) < 4.78 is 4.91. The van der Waals surface area contributed by atoms with Crippen molar-refractivity contribution in [3.8, 4) is 0 Å². The molecule has 0 saturated carbocycles. The third-order valence-corrected chi connectivity index (χ3v) is 2.51. The molecule has 0 radical (unpaired) electrons. The molecule has 6 nitrogen and oxygen atoms in total. The van der Waals surface area contributed by atoms with Crippen LogP contribution in [-0.4, -0.2) is 42.7 Å². The van der Waals surface area contributed by atoms with Gasteiger partial charge < -0.3 is 15.4 Å². The molecular weight excluding hydrogens is 244 g/mol. The summed E-state index contributed by atoms with van der Waals surface area (Å²) in [6, 6.07) is 0. The van der Waals surface area contributed by atoms with Crippen LogP contribution >= 0.6 is 0 Å². The van der Waals surface area contributed by atoms with Crippen LogP contribution in [0.3, 0.4) is 0 Å². The van der Waals surface area contributed by atoms with Gasteiger partial charge >= 0.3 is 0 Å². The normalized spacial score (nSPS) is 10.5. The largest absolute Gasteiger partial charge is 0.383 e. The maximum Gasteiger partial charge on any atom is 0.254 e. The lowest BCUT2D eigenvalue weighted by atomic mass is 10.1. The lowest BCUT2D eigenvalue weighted by Crippen LogP contribution is -2.25. The Labute approximate surface area is 114 Å². The Balaban J connectivity index is 2.39. The highest BCUT2D eigenvalue weighted by Crippen LogP contribution is 2.01. The van der Waals surface area contributed by atoms with Crippen LogP contribution in [0.25, 0.3) is 0 Å². The molecule has 0 aliphatic carbocycles. The zero-order valence-corrected chi connectivity index (χ0v) is 11.8. The molecule has 0 aromatic carbocycles. The van der Waals surface area contributed by atoms with Gasteiger partial charge in [0.1, 0.15) is 0 Å². The minimum atomic E-state index is -0.135. The van der Waals surface area contributed by atoms with Gasteiger partial charge in [0.15, 0.2) is 0 Å². The van der Waals surface area contributed by atoms with Gasteiger partial charge in [0.2, 0.25) is 5.95 Å². The zero-order valence-electron chi connectivity index (χ0n) is 11.8. The highest BCUT2D eigenvalue weighted by atomic mass is 16.5. The standard InChI is InChI=1S/C13H22N4O2/c1-10(2)4-5-14-12(18)11-8-16-13(17-9-11)15-6-7-19-3/h8-10H,4-7H2,1-3H3,(H,14,18)(H,15,16,17). The maximum absolute atomic E-state index is 11.8. The molecule has 0 spiro atoms. The van der Waals surface area contributed by atoms with E-state index in [4.69, 9.17) is 4.74 Å². The van der Waals surface area contributed by atoms with Gasteiger partial charge in [-0.15, -0.1) is 0 Å². The van der Waals surface area contributed by atoms with Gasteiger partial charge in [0.05, 0.1) is 12.2 Å². The highest BCUT2D eigenvalue weighted by Gasteiger charge is 2.06. The van der Waals surface area contributed by atoms with Gasteiger partial charge in [-0.2, -0.15) is 0 Å². The van der Waals surface area contributed by atoms with Crippen molar-refractivity contribution >= 4 is 11.9 Å². The summed E-state index contributed by atoms with van der Waals surface area (Å²) in [4.78, 5) is 19.9. The van der Waals surface area contributed by atoms with E-state index in [0.29, 0.717) is 37.1 Å². The number of methoxy groups -OCH3 is 1. The molecule has 6 heteroatoms. The SMILES string of the molecule is COCCNc1ncc(C(=O)NCCC(C)C)cn1. The summed E-state index contributed by atoms with van der Waals surface area (Å²) in [5.41, 5.74) is 0.473. The average Bonchev–Trinajstić information content (AvgIpc) is 2.39. The lowest BCUT2D eigenvalue weighted by molar-refractivity contribution is 0.0951. The molecule has 2 N–H and O–H groups in total. The third kappa shape index (κ3) is 6.15. The molecule has 0 atom stereocenters. The molecule has 0 bridgehead atoms. The van der Waals surface area contributed by atoms with Gasteiger partial charge in [-0.25, -0.2) is 9.97 Å². The number of ether oxygens (including phenoxy) is 1. The van der Waals surface area contributed by atoms with E-state index >= 15 is 0 Å². The van der Waals surface area contributed by atoms with E-state index in [2.05, 4.69) is 34.4 Å². The fraction of sp³-hybridized carbons (Fsp3) is 0.615. The van der Waals surface area contributed by atoms with Crippen LogP contribution < -0.4 is 10.6 Å². The molecule has 0 unspecified atom stereocenters. The Bertz CT molecular complexity index is 379. The van der Waals surface area contributed by atoms with Gasteiger partial charge in [0.25, 0.3) is 5.91 Å². The van der Waals surface area contributed by atoms with Gasteiger partial charge in [-0.1, -0.05) is 13.8 Å². The monoisotopic (exact) mass is 266 g/mol. The van der Waals surface area contributed by atoms with Gasteiger partial charge in [-0.3, -0.25) is 4.79 Å². The smallest absolute Gasteiger partial charge is 0.254 e. The molecule has 1 aromatic rings. The number of hydrogen-bond donors (Lipinski definition) is 2. The summed E-state index contributed by atoms with van der Waals surface area (Å²) in [5, 5.41) is 5.83. The Hall–Kier alpha value is -1.69. The number of carbonyl (C=O) groups is 1. The minimum absolute atomic E-state index is 0.135. The van der Waals surface area contributed by atoms with Crippen molar-refractivity contribution in [2.45, 2.75) is 20.3 Å². The van der Waals surface area contributed by atoms with Crippen molar-refractivity contribution in [2.24, 2.45) is 5.92 Å². The van der Waals surface area contributed by atoms with E-state index in [-0.39, 0.29) is 5.91 Å². The van der Waals surface area contributed by atoms with Crippen molar-refractivity contribution < 1.29 is 9.53 Å². The quantitative estimate of drug-likeness (QED) is 0.694. The van der Waals surface area contributed by atoms with Crippen molar-refractivity contribution in [1.29, 1.82) is 0 Å². The maximum atomic E-state index is 11.8. The number of rotatable bonds is 8. The molecule has 0 saturated heterocycles. The first kappa shape index (κ1) is 15.4. The summed E-state index contributed by atoms with van der Waals surface area (Å²) in [6.07, 6.45) is 4.00. The highest BCUT2D eigenvalue weighted by molar-refractivity contribution is 5.93. The van der Waals surface area contributed by atoms with Crippen molar-refractivity contribution in [3.63, 3.8) is 0 Å². The first-order valence-electron chi connectivity index (χ1n) is 6.46. The van der Waals surface area contributed by atoms with Crippen molar-refractivity contribution in [3.05, 3.63) is 18.0 Å². The van der Waals surface area contributed by atoms with E-state index in [1.807, 2.05) is 0 Å². The van der Waals surface area contributed by atoms with Crippen molar-refractivity contribution in [2.75, 3.05) is 32.1 Å². The van der Waals surface area contributed by atoms with Crippen LogP contribution in [0.15, 0.2) is 12.4 Å². The number of amides is 1. The van der Waals surface area contributed by atoms with Gasteiger partial charge in [0, 0.05) is 32.6 Å². The van der Waals surface area contributed by atoms with Crippen LogP contribution in [-0.2, 0) is 4.74 Å². The van der Waals surface area contributed by atoms with Crippen molar-refractivity contribution in [1.82, 2.24) is 15.3 Å². The number of hydrogen-bond acceptors (Lipinski definition) is 5. The number of nitrogens with zero attached hydrogens (tertiary/aromatic N) is 2. The molecule has 1 aromatic heterocycles. The Morgan fingerprint density at radius 1 is 1.32 bits per heavy atom. The van der Waals surface area contributed by atoms with E-state index < -0.39 is 0 Å². The topological polar surface area (TPSA) is 76.1 Å². The first-order valence-corrected chi connectivity index (χ1v) is 6.46. The van der Waals surface area contributed by atoms with E-state index in [1.54, 1.807) is 7.11 Å². The molecule has 106 valence electrons. The fourth-order valence-corrected chi connectivity index (χ4v) is 1.38. The van der Waals surface area contributed by atoms with Crippen LogP contribution in [0.5, 0.6) is 0 Å². The average molecular weight is 266 g/mol. The third-order valence-electron chi connectivity index (χ3n) is 2.51. The fourth-order valence-electron chi connectivity index (χ4n) is 1.38. The molecule has 1 amide bonds. The van der Waals surface area contributed by atoms with E-state index in [9.17, 15) is 4.79 Å². The predicted octanol–water partition coefficient (Wildman–Crippen LogP) is 1.31.